The van der Waals surface area contributed by atoms with Crippen LogP contribution in [0, 0.1) is 0 Å². The number of nitrogen functional groups attached to an aromatic ring is 3. The zero-order chi connectivity index (χ0) is 54.9. The lowest BCUT2D eigenvalue weighted by atomic mass is 9.93. The van der Waals surface area contributed by atoms with Crippen molar-refractivity contribution in [3.8, 4) is 73.6 Å². The first kappa shape index (κ1) is 51.0. The summed E-state index contributed by atoms with van der Waals surface area (Å²) in [5.74, 6) is 1.88. The molecule has 2 atom stereocenters. The first-order chi connectivity index (χ1) is 39.0. The van der Waals surface area contributed by atoms with Crippen LogP contribution in [0.3, 0.4) is 0 Å². The summed E-state index contributed by atoms with van der Waals surface area (Å²) in [6.07, 6.45) is 3.00. The Morgan fingerprint density at radius 2 is 1.25 bits per heavy atom. The number of nitrogens with zero attached hydrogens (tertiary/aromatic N) is 9. The second-order valence-corrected chi connectivity index (χ2v) is 20.4. The highest BCUT2D eigenvalue weighted by molar-refractivity contribution is 5.95. The van der Waals surface area contributed by atoms with Crippen molar-refractivity contribution in [2.75, 3.05) is 73.4 Å². The average molecular weight is 1070 g/mol. The molecule has 402 valence electrons. The SMILES string of the molecule is COC1(Cc2ccccc2)CCN(c2cc(-c3cc(Oc4cc(-c5ccc(C(=O)N6CCN(c7cc(-c8ccccc8O)nnc7N)CC6)cc5)ccc4-c4cc(OC5CCc6ccccc65)c(N)nn4)ccc3O)nnc2N)C1. The summed E-state index contributed by atoms with van der Waals surface area (Å²) in [6.45, 7) is 3.23. The number of methoxy groups -OCH3 is 1. The molecule has 2 fully saturated rings. The number of aromatic hydroxyl groups is 2. The molecule has 12 rings (SSSR count). The number of piperazine rings is 1. The van der Waals surface area contributed by atoms with E-state index in [4.69, 9.17) is 31.4 Å². The Morgan fingerprint density at radius 3 is 2.00 bits per heavy atom. The fourth-order valence-corrected chi connectivity index (χ4v) is 11.1. The van der Waals surface area contributed by atoms with E-state index in [9.17, 15) is 15.0 Å². The Balaban J connectivity index is 0.815. The van der Waals surface area contributed by atoms with Gasteiger partial charge in [0.25, 0.3) is 5.91 Å². The smallest absolute Gasteiger partial charge is 0.253 e. The molecule has 3 aromatic heterocycles. The molecule has 3 aliphatic rings. The molecule has 1 amide bonds. The van der Waals surface area contributed by atoms with Crippen molar-refractivity contribution in [3.63, 3.8) is 0 Å². The van der Waals surface area contributed by atoms with Gasteiger partial charge in [0.2, 0.25) is 0 Å². The fourth-order valence-electron chi connectivity index (χ4n) is 11.1. The monoisotopic (exact) mass is 1070 g/mol. The number of phenols is 2. The summed E-state index contributed by atoms with van der Waals surface area (Å²) in [5.41, 5.74) is 28.8. The van der Waals surface area contributed by atoms with Gasteiger partial charge in [-0.15, -0.1) is 30.6 Å². The maximum Gasteiger partial charge on any atom is 0.253 e. The van der Waals surface area contributed by atoms with Crippen LogP contribution in [0.15, 0.2) is 158 Å². The van der Waals surface area contributed by atoms with Gasteiger partial charge in [-0.3, -0.25) is 4.79 Å². The minimum absolute atomic E-state index is 0.0284. The van der Waals surface area contributed by atoms with Crippen molar-refractivity contribution in [2.24, 2.45) is 0 Å². The number of amides is 1. The number of anilines is 5. The van der Waals surface area contributed by atoms with Crippen molar-refractivity contribution < 1.29 is 29.2 Å². The highest BCUT2D eigenvalue weighted by atomic mass is 16.5. The molecular formula is C62H58N12O6. The number of rotatable bonds is 14. The van der Waals surface area contributed by atoms with Crippen LogP contribution in [0.4, 0.5) is 28.8 Å². The second-order valence-electron chi connectivity index (χ2n) is 20.4. The van der Waals surface area contributed by atoms with E-state index in [1.54, 1.807) is 49.6 Å². The molecule has 1 aliphatic carbocycles. The molecule has 2 aliphatic heterocycles. The highest BCUT2D eigenvalue weighted by Gasteiger charge is 2.39. The molecule has 0 spiro atoms. The van der Waals surface area contributed by atoms with E-state index in [-0.39, 0.29) is 41.0 Å². The van der Waals surface area contributed by atoms with Crippen LogP contribution in [0.1, 0.15) is 46.0 Å². The third kappa shape index (κ3) is 10.3. The molecule has 18 heteroatoms. The molecule has 5 heterocycles. The maximum absolute atomic E-state index is 14.0. The van der Waals surface area contributed by atoms with Crippen LogP contribution < -0.4 is 36.5 Å². The molecule has 18 nitrogen and oxygen atoms in total. The van der Waals surface area contributed by atoms with Gasteiger partial charge in [0.15, 0.2) is 23.2 Å². The Hall–Kier alpha value is -9.81. The van der Waals surface area contributed by atoms with E-state index in [0.29, 0.717) is 107 Å². The lowest BCUT2D eigenvalue weighted by molar-refractivity contribution is 0.00926. The predicted octanol–water partition coefficient (Wildman–Crippen LogP) is 9.54. The molecule has 9 aromatic rings. The Labute approximate surface area is 462 Å². The standard InChI is InChI=1S/C62H58N12O6/c1-78-62(36-38-9-3-2-4-10-38)25-26-74(37-62)52-34-49(67-70-59(52)64)47-32-43(21-23-54(47)76)79-56-31-42(19-22-46(56)50-35-57(60(65)71-68-50)80-55-24-20-40-11-5-6-12-44(40)55)39-15-17-41(18-16-39)61(77)73-29-27-72(28-30-73)51-33-48(66-69-58(51)63)45-13-7-8-14-53(45)75/h2-19,21-23,31-35,55,75-76H,20,24-30,36-37H2,1H3,(H2,63,69)(H2,64,70)(H2,65,71). The molecule has 6 aromatic carbocycles. The molecule has 0 saturated carbocycles. The van der Waals surface area contributed by atoms with Gasteiger partial charge in [0.05, 0.1) is 28.4 Å². The molecule has 0 bridgehead atoms. The van der Waals surface area contributed by atoms with Crippen LogP contribution >= 0.6 is 0 Å². The Kier molecular flexibility index (Phi) is 13.7. The molecule has 8 N–H and O–H groups in total. The minimum atomic E-state index is -0.433. The summed E-state index contributed by atoms with van der Waals surface area (Å²) in [7, 11) is 1.75. The Morgan fingerprint density at radius 1 is 0.600 bits per heavy atom. The first-order valence-corrected chi connectivity index (χ1v) is 26.5. The summed E-state index contributed by atoms with van der Waals surface area (Å²) in [4.78, 5) is 20.1. The summed E-state index contributed by atoms with van der Waals surface area (Å²) < 4.78 is 19.6. The zero-order valence-corrected chi connectivity index (χ0v) is 43.9. The van der Waals surface area contributed by atoms with Crippen molar-refractivity contribution in [3.05, 3.63) is 180 Å². The molecule has 0 radical (unpaired) electrons. The van der Waals surface area contributed by atoms with Crippen LogP contribution in [-0.2, 0) is 17.6 Å². The van der Waals surface area contributed by atoms with Gasteiger partial charge >= 0.3 is 0 Å². The van der Waals surface area contributed by atoms with Gasteiger partial charge in [-0.25, -0.2) is 0 Å². The van der Waals surface area contributed by atoms with Crippen molar-refractivity contribution in [1.82, 2.24) is 35.5 Å². The number of carbonyl (C=O) groups is 1. The maximum atomic E-state index is 14.0. The van der Waals surface area contributed by atoms with Gasteiger partial charge in [-0.1, -0.05) is 84.9 Å². The normalized spacial score (nSPS) is 16.9. The van der Waals surface area contributed by atoms with Crippen LogP contribution in [0.2, 0.25) is 0 Å². The van der Waals surface area contributed by atoms with Crippen LogP contribution in [0.25, 0.3) is 44.9 Å². The summed E-state index contributed by atoms with van der Waals surface area (Å²) >= 11 is 0. The quantitative estimate of drug-likeness (QED) is 0.0680. The van der Waals surface area contributed by atoms with Crippen LogP contribution in [0.5, 0.6) is 28.7 Å². The number of hydrogen-bond donors (Lipinski definition) is 5. The molecule has 2 unspecified atom stereocenters. The van der Waals surface area contributed by atoms with Crippen LogP contribution in [-0.4, -0.2) is 104 Å². The number of aryl methyl sites for hydroxylation is 1. The van der Waals surface area contributed by atoms with E-state index in [0.717, 1.165) is 42.4 Å². The number of aromatic nitrogens is 6. The fraction of sp³-hybridized carbons (Fsp3) is 0.210. The van der Waals surface area contributed by atoms with Crippen molar-refractivity contribution in [2.45, 2.75) is 37.4 Å². The number of nitrogens with two attached hydrogens (primary N) is 3. The largest absolute Gasteiger partial charge is 0.507 e. The lowest BCUT2D eigenvalue weighted by Gasteiger charge is -2.36. The molecule has 80 heavy (non-hydrogen) atoms. The number of para-hydroxylation sites is 1. The first-order valence-electron chi connectivity index (χ1n) is 26.5. The number of hydrogen-bond acceptors (Lipinski definition) is 17. The zero-order valence-electron chi connectivity index (χ0n) is 43.9. The van der Waals surface area contributed by atoms with Gasteiger partial charge in [-0.05, 0) is 114 Å². The Bertz CT molecular complexity index is 3770. The summed E-state index contributed by atoms with van der Waals surface area (Å²) in [5, 5.41) is 48.0. The lowest BCUT2D eigenvalue weighted by Crippen LogP contribution is -2.49. The highest BCUT2D eigenvalue weighted by Crippen LogP contribution is 2.43. The number of carbonyl (C=O) groups excluding carboxylic acids is 1. The molecule has 2 saturated heterocycles. The van der Waals surface area contributed by atoms with Crippen molar-refractivity contribution in [1.29, 1.82) is 0 Å². The van der Waals surface area contributed by atoms with E-state index >= 15 is 0 Å². The number of fused-ring (bicyclic) bond motifs is 1. The van der Waals surface area contributed by atoms with E-state index in [1.165, 1.54) is 11.1 Å². The average Bonchev–Trinajstić information content (AvgIpc) is 4.19. The number of phenolic OH excluding ortho intramolecular Hbond substituents is 2. The third-order valence-electron chi connectivity index (χ3n) is 15.5. The predicted molar refractivity (Wildman–Crippen MR) is 307 cm³/mol. The molecular weight excluding hydrogens is 1010 g/mol. The van der Waals surface area contributed by atoms with E-state index < -0.39 is 5.60 Å². The minimum Gasteiger partial charge on any atom is -0.507 e. The third-order valence-corrected chi connectivity index (χ3v) is 15.5. The van der Waals surface area contributed by atoms with E-state index in [2.05, 4.69) is 64.7 Å². The number of ether oxygens (including phenoxy) is 3. The summed E-state index contributed by atoms with van der Waals surface area (Å²) in [6, 6.07) is 49.1. The van der Waals surface area contributed by atoms with Gasteiger partial charge in [-0.2, -0.15) is 0 Å². The second kappa shape index (κ2) is 21.5. The van der Waals surface area contributed by atoms with Gasteiger partial charge in [0, 0.05) is 81.1 Å². The number of benzene rings is 6. The van der Waals surface area contributed by atoms with Gasteiger partial charge < -0.3 is 56.3 Å². The topological polar surface area (TPSA) is 250 Å². The van der Waals surface area contributed by atoms with E-state index in [1.807, 2.05) is 95.9 Å². The van der Waals surface area contributed by atoms with Crippen molar-refractivity contribution >= 4 is 34.7 Å². The van der Waals surface area contributed by atoms with Gasteiger partial charge in [0.1, 0.15) is 34.8 Å².